The highest BCUT2D eigenvalue weighted by Crippen LogP contribution is 2.31. The van der Waals surface area contributed by atoms with Crippen molar-refractivity contribution in [2.24, 2.45) is 7.05 Å². The van der Waals surface area contributed by atoms with Crippen LogP contribution >= 0.6 is 0 Å². The highest BCUT2D eigenvalue weighted by Gasteiger charge is 2.24. The molecule has 0 aliphatic carbocycles. The van der Waals surface area contributed by atoms with Crippen LogP contribution in [0.3, 0.4) is 0 Å². The fourth-order valence-electron chi connectivity index (χ4n) is 5.82. The van der Waals surface area contributed by atoms with Gasteiger partial charge in [-0.3, -0.25) is 14.1 Å². The minimum atomic E-state index is -0.0131. The molecule has 0 amide bonds. The van der Waals surface area contributed by atoms with Gasteiger partial charge in [-0.05, 0) is 36.6 Å². The molecule has 1 saturated heterocycles. The standard InChI is InChI=1S/C32H30N8O/c1-38-28(15-18-33-38)31-35-29(30(36-37-31)23-7-3-2-4-8-23)24-13-11-22(12-14-24)21-39-19-16-25(17-20-39)40-27-10-6-5-9-26(27)34-32(40)41/h2-15,18,25H,16-17,19-21H2,1H3,(H,34,41). The van der Waals surface area contributed by atoms with Crippen molar-refractivity contribution in [2.45, 2.75) is 25.4 Å². The van der Waals surface area contributed by atoms with Crippen LogP contribution in [0, 0.1) is 0 Å². The van der Waals surface area contributed by atoms with Gasteiger partial charge in [0.15, 0.2) is 0 Å². The molecule has 0 spiro atoms. The van der Waals surface area contributed by atoms with Crippen molar-refractivity contribution in [3.05, 3.63) is 107 Å². The minimum Gasteiger partial charge on any atom is -0.306 e. The topological polar surface area (TPSA) is 97.5 Å². The van der Waals surface area contributed by atoms with Gasteiger partial charge in [0.25, 0.3) is 0 Å². The van der Waals surface area contributed by atoms with Crippen molar-refractivity contribution in [1.82, 2.24) is 39.4 Å². The summed E-state index contributed by atoms with van der Waals surface area (Å²) >= 11 is 0. The maximum absolute atomic E-state index is 12.7. The second-order valence-electron chi connectivity index (χ2n) is 10.6. The Morgan fingerprint density at radius 3 is 2.32 bits per heavy atom. The van der Waals surface area contributed by atoms with Gasteiger partial charge in [-0.25, -0.2) is 9.78 Å². The fraction of sp³-hybridized carbons (Fsp3) is 0.219. The van der Waals surface area contributed by atoms with Crippen LogP contribution in [-0.4, -0.2) is 52.5 Å². The lowest BCUT2D eigenvalue weighted by Crippen LogP contribution is -2.36. The number of rotatable bonds is 6. The number of aromatic amines is 1. The van der Waals surface area contributed by atoms with Crippen LogP contribution < -0.4 is 5.69 Å². The Morgan fingerprint density at radius 2 is 1.56 bits per heavy atom. The molecular formula is C32H30N8O. The zero-order valence-electron chi connectivity index (χ0n) is 22.8. The number of benzene rings is 3. The van der Waals surface area contributed by atoms with Gasteiger partial charge < -0.3 is 4.98 Å². The summed E-state index contributed by atoms with van der Waals surface area (Å²) in [5, 5.41) is 13.3. The molecule has 7 rings (SSSR count). The van der Waals surface area contributed by atoms with Crippen LogP contribution in [0.15, 0.2) is 95.9 Å². The summed E-state index contributed by atoms with van der Waals surface area (Å²) in [6.45, 7) is 2.75. The molecule has 0 atom stereocenters. The summed E-state index contributed by atoms with van der Waals surface area (Å²) in [7, 11) is 1.87. The summed E-state index contributed by atoms with van der Waals surface area (Å²) in [6.07, 6.45) is 3.63. The zero-order chi connectivity index (χ0) is 27.8. The lowest BCUT2D eigenvalue weighted by molar-refractivity contribution is 0.180. The van der Waals surface area contributed by atoms with E-state index in [0.29, 0.717) is 5.82 Å². The number of piperidine rings is 1. The molecule has 0 saturated carbocycles. The number of hydrogen-bond acceptors (Lipinski definition) is 6. The van der Waals surface area contributed by atoms with Crippen molar-refractivity contribution in [1.29, 1.82) is 0 Å². The number of likely N-dealkylation sites (tertiary alicyclic amines) is 1. The summed E-state index contributed by atoms with van der Waals surface area (Å²) in [5.41, 5.74) is 7.44. The van der Waals surface area contributed by atoms with Gasteiger partial charge in [0.1, 0.15) is 17.1 Å². The second kappa shape index (κ2) is 10.6. The predicted molar refractivity (Wildman–Crippen MR) is 159 cm³/mol. The van der Waals surface area contributed by atoms with Gasteiger partial charge in [-0.1, -0.05) is 66.7 Å². The Labute approximate surface area is 237 Å². The molecule has 0 bridgehead atoms. The number of para-hydroxylation sites is 2. The average Bonchev–Trinajstić information content (AvgIpc) is 3.60. The first-order chi connectivity index (χ1) is 20.1. The van der Waals surface area contributed by atoms with E-state index in [1.54, 1.807) is 10.9 Å². The maximum Gasteiger partial charge on any atom is 0.326 e. The maximum atomic E-state index is 12.7. The molecule has 1 aliphatic rings. The van der Waals surface area contributed by atoms with Gasteiger partial charge in [0.05, 0.1) is 11.0 Å². The normalized spacial score (nSPS) is 14.6. The van der Waals surface area contributed by atoms with Crippen LogP contribution in [-0.2, 0) is 13.6 Å². The van der Waals surface area contributed by atoms with Crippen molar-refractivity contribution < 1.29 is 0 Å². The van der Waals surface area contributed by atoms with E-state index >= 15 is 0 Å². The zero-order valence-corrected chi connectivity index (χ0v) is 22.8. The summed E-state index contributed by atoms with van der Waals surface area (Å²) in [5.74, 6) is 0.543. The van der Waals surface area contributed by atoms with E-state index in [1.807, 2.05) is 72.3 Å². The lowest BCUT2D eigenvalue weighted by Gasteiger charge is -2.32. The molecule has 3 aromatic carbocycles. The molecule has 4 heterocycles. The third-order valence-corrected chi connectivity index (χ3v) is 7.96. The Morgan fingerprint density at radius 1 is 0.829 bits per heavy atom. The second-order valence-corrected chi connectivity index (χ2v) is 10.6. The number of hydrogen-bond donors (Lipinski definition) is 1. The van der Waals surface area contributed by atoms with Gasteiger partial charge in [-0.15, -0.1) is 10.2 Å². The van der Waals surface area contributed by atoms with E-state index in [-0.39, 0.29) is 11.7 Å². The molecule has 1 N–H and O–H groups in total. The molecule has 9 nitrogen and oxygen atoms in total. The van der Waals surface area contributed by atoms with Gasteiger partial charge in [0.2, 0.25) is 5.82 Å². The first-order valence-corrected chi connectivity index (χ1v) is 13.9. The predicted octanol–water partition coefficient (Wildman–Crippen LogP) is 5.09. The van der Waals surface area contributed by atoms with E-state index in [1.165, 1.54) is 5.56 Å². The Hall–Kier alpha value is -4.89. The van der Waals surface area contributed by atoms with E-state index in [9.17, 15) is 4.79 Å². The third kappa shape index (κ3) is 4.85. The highest BCUT2D eigenvalue weighted by molar-refractivity contribution is 5.78. The Balaban J connectivity index is 1.10. The van der Waals surface area contributed by atoms with Crippen molar-refractivity contribution in [2.75, 3.05) is 13.1 Å². The molecule has 204 valence electrons. The number of aryl methyl sites for hydroxylation is 1. The number of nitrogens with one attached hydrogen (secondary N) is 1. The molecule has 1 aliphatic heterocycles. The molecule has 6 aromatic rings. The number of aromatic nitrogens is 7. The number of fused-ring (bicyclic) bond motifs is 1. The summed E-state index contributed by atoms with van der Waals surface area (Å²) < 4.78 is 3.70. The number of H-pyrrole nitrogens is 1. The first kappa shape index (κ1) is 25.1. The SMILES string of the molecule is Cn1nccc1-c1nnc(-c2ccccc2)c(-c2ccc(CN3CCC(n4c(=O)[nH]c5ccccc54)CC3)cc2)n1. The van der Waals surface area contributed by atoms with Crippen LogP contribution in [0.4, 0.5) is 0 Å². The van der Waals surface area contributed by atoms with Crippen molar-refractivity contribution >= 4 is 11.0 Å². The minimum absolute atomic E-state index is 0.0131. The van der Waals surface area contributed by atoms with Gasteiger partial charge >= 0.3 is 5.69 Å². The monoisotopic (exact) mass is 542 g/mol. The highest BCUT2D eigenvalue weighted by atomic mass is 16.1. The first-order valence-electron chi connectivity index (χ1n) is 13.9. The Bertz CT molecular complexity index is 1860. The van der Waals surface area contributed by atoms with Gasteiger partial charge in [0, 0.05) is 50.0 Å². The molecule has 1 fully saturated rings. The fourth-order valence-corrected chi connectivity index (χ4v) is 5.82. The largest absolute Gasteiger partial charge is 0.326 e. The smallest absolute Gasteiger partial charge is 0.306 e. The van der Waals surface area contributed by atoms with Crippen LogP contribution in [0.25, 0.3) is 45.1 Å². The van der Waals surface area contributed by atoms with Crippen molar-refractivity contribution in [3.63, 3.8) is 0 Å². The molecular weight excluding hydrogens is 512 g/mol. The quantitative estimate of drug-likeness (QED) is 0.315. The van der Waals surface area contributed by atoms with E-state index in [4.69, 9.17) is 4.98 Å². The third-order valence-electron chi connectivity index (χ3n) is 7.96. The molecule has 3 aromatic heterocycles. The molecule has 0 unspecified atom stereocenters. The molecule has 0 radical (unpaired) electrons. The Kier molecular flexibility index (Phi) is 6.48. The van der Waals surface area contributed by atoms with Crippen LogP contribution in [0.5, 0.6) is 0 Å². The lowest BCUT2D eigenvalue weighted by atomic mass is 10.0. The van der Waals surface area contributed by atoms with E-state index in [2.05, 4.69) is 49.4 Å². The van der Waals surface area contributed by atoms with Crippen LogP contribution in [0.1, 0.15) is 24.4 Å². The average molecular weight is 543 g/mol. The van der Waals surface area contributed by atoms with Crippen molar-refractivity contribution in [3.8, 4) is 34.0 Å². The summed E-state index contributed by atoms with van der Waals surface area (Å²) in [6, 6.07) is 28.7. The molecule has 9 heteroatoms. The van der Waals surface area contributed by atoms with Gasteiger partial charge in [-0.2, -0.15) is 5.10 Å². The molecule has 41 heavy (non-hydrogen) atoms. The summed E-state index contributed by atoms with van der Waals surface area (Å²) in [4.78, 5) is 23.1. The van der Waals surface area contributed by atoms with Crippen LogP contribution in [0.2, 0.25) is 0 Å². The number of nitrogens with zero attached hydrogens (tertiary/aromatic N) is 7. The number of imidazole rings is 1. The van der Waals surface area contributed by atoms with E-state index in [0.717, 1.165) is 71.7 Å². The van der Waals surface area contributed by atoms with E-state index < -0.39 is 0 Å².